The van der Waals surface area contributed by atoms with E-state index in [2.05, 4.69) is 40.6 Å². The van der Waals surface area contributed by atoms with Gasteiger partial charge in [-0.05, 0) is 26.8 Å². The third-order valence-electron chi connectivity index (χ3n) is 3.22. The fourth-order valence-corrected chi connectivity index (χ4v) is 2.28. The third kappa shape index (κ3) is 1.84. The zero-order chi connectivity index (χ0) is 14.5. The Kier molecular flexibility index (Phi) is 2.57. The van der Waals surface area contributed by atoms with Crippen molar-refractivity contribution in [1.82, 2.24) is 9.55 Å². The first-order valence-electron chi connectivity index (χ1n) is 6.37. The molecular weight excluding hydrogens is 256 g/mol. The van der Waals surface area contributed by atoms with Crippen molar-refractivity contribution in [3.63, 3.8) is 0 Å². The molecule has 0 aromatic carbocycles. The molecule has 0 aliphatic carbocycles. The van der Waals surface area contributed by atoms with Gasteiger partial charge in [0, 0.05) is 23.2 Å². The quantitative estimate of drug-likeness (QED) is 0.798. The number of aromatic nitrogens is 2. The summed E-state index contributed by atoms with van der Waals surface area (Å²) in [5.74, 6) is 1.24. The molecule has 0 unspecified atom stereocenters. The van der Waals surface area contributed by atoms with Crippen LogP contribution in [0.25, 0.3) is 10.8 Å². The van der Waals surface area contributed by atoms with E-state index in [0.29, 0.717) is 11.8 Å². The highest BCUT2D eigenvalue weighted by Crippen LogP contribution is 2.38. The van der Waals surface area contributed by atoms with Crippen molar-refractivity contribution in [1.29, 1.82) is 0 Å². The topological polar surface area (TPSA) is 68.5 Å². The van der Waals surface area contributed by atoms with Gasteiger partial charge in [0.2, 0.25) is 0 Å². The van der Waals surface area contributed by atoms with E-state index in [4.69, 9.17) is 4.74 Å². The molecule has 3 heterocycles. The number of rotatable bonds is 0. The van der Waals surface area contributed by atoms with Crippen molar-refractivity contribution in [2.75, 3.05) is 12.4 Å². The highest BCUT2D eigenvalue weighted by molar-refractivity contribution is 6.09. The average molecular weight is 272 g/mol. The van der Waals surface area contributed by atoms with Crippen molar-refractivity contribution in [3.05, 3.63) is 28.7 Å². The first-order valence-corrected chi connectivity index (χ1v) is 6.37. The number of methoxy groups -OCH3 is 1. The van der Waals surface area contributed by atoms with E-state index in [1.165, 1.54) is 13.2 Å². The average Bonchev–Trinajstić information content (AvgIpc) is 2.66. The second-order valence-corrected chi connectivity index (χ2v) is 5.70. The summed E-state index contributed by atoms with van der Waals surface area (Å²) in [5, 5.41) is 4.70. The van der Waals surface area contributed by atoms with Crippen LogP contribution in [0.2, 0.25) is 0 Å². The second kappa shape index (κ2) is 4.06. The maximum atomic E-state index is 11.6. The summed E-state index contributed by atoms with van der Waals surface area (Å²) < 4.78 is 7.23. The fourth-order valence-electron chi connectivity index (χ4n) is 2.28. The SMILES string of the molecule is COC1=Nc2c3c(nc(=O)ccc3cn2C(C)(C)C)N1. The minimum Gasteiger partial charge on any atom is -0.468 e. The zero-order valence-electron chi connectivity index (χ0n) is 11.9. The molecule has 0 radical (unpaired) electrons. The number of anilines is 1. The molecule has 1 aliphatic rings. The van der Waals surface area contributed by atoms with Crippen molar-refractivity contribution < 1.29 is 4.74 Å². The predicted octanol–water partition coefficient (Wildman–Crippen LogP) is 2.21. The van der Waals surface area contributed by atoms with Crippen LogP contribution in [0.4, 0.5) is 11.6 Å². The molecule has 2 aromatic rings. The summed E-state index contributed by atoms with van der Waals surface area (Å²) in [4.78, 5) is 20.1. The second-order valence-electron chi connectivity index (χ2n) is 5.70. The summed E-state index contributed by atoms with van der Waals surface area (Å²) >= 11 is 0. The lowest BCUT2D eigenvalue weighted by Crippen LogP contribution is -2.23. The molecule has 0 atom stereocenters. The summed E-state index contributed by atoms with van der Waals surface area (Å²) in [5.41, 5.74) is -0.432. The van der Waals surface area contributed by atoms with Crippen LogP contribution in [0.1, 0.15) is 20.8 Å². The summed E-state index contributed by atoms with van der Waals surface area (Å²) in [6.45, 7) is 6.29. The molecule has 6 heteroatoms. The van der Waals surface area contributed by atoms with Gasteiger partial charge in [-0.2, -0.15) is 9.98 Å². The fraction of sp³-hybridized carbons (Fsp3) is 0.357. The van der Waals surface area contributed by atoms with Crippen molar-refractivity contribution in [2.45, 2.75) is 26.3 Å². The van der Waals surface area contributed by atoms with Crippen LogP contribution in [0.3, 0.4) is 0 Å². The van der Waals surface area contributed by atoms with Crippen LogP contribution in [-0.4, -0.2) is 22.7 Å². The molecule has 0 amide bonds. The number of amidine groups is 1. The van der Waals surface area contributed by atoms with Gasteiger partial charge in [-0.1, -0.05) is 0 Å². The molecule has 0 spiro atoms. The normalized spacial score (nSPS) is 13.9. The Hall–Kier alpha value is -2.37. The van der Waals surface area contributed by atoms with Gasteiger partial charge in [0.05, 0.1) is 12.5 Å². The Balaban J connectivity index is 2.45. The highest BCUT2D eigenvalue weighted by atomic mass is 16.5. The molecule has 3 rings (SSSR count). The summed E-state index contributed by atoms with van der Waals surface area (Å²) in [6.07, 6.45) is 1.99. The van der Waals surface area contributed by atoms with E-state index in [-0.39, 0.29) is 11.1 Å². The maximum absolute atomic E-state index is 11.6. The van der Waals surface area contributed by atoms with Crippen molar-refractivity contribution in [3.8, 4) is 0 Å². The van der Waals surface area contributed by atoms with E-state index in [0.717, 1.165) is 16.6 Å². The van der Waals surface area contributed by atoms with Gasteiger partial charge in [-0.3, -0.25) is 10.1 Å². The number of hydrogen-bond acceptors (Lipinski definition) is 5. The highest BCUT2D eigenvalue weighted by Gasteiger charge is 2.25. The molecule has 2 aromatic heterocycles. The van der Waals surface area contributed by atoms with Crippen LogP contribution < -0.4 is 10.9 Å². The molecule has 0 saturated carbocycles. The van der Waals surface area contributed by atoms with Crippen LogP contribution in [0.5, 0.6) is 0 Å². The lowest BCUT2D eigenvalue weighted by atomic mass is 10.1. The number of nitrogens with zero attached hydrogens (tertiary/aromatic N) is 3. The third-order valence-corrected chi connectivity index (χ3v) is 3.22. The molecule has 0 fully saturated rings. The van der Waals surface area contributed by atoms with E-state index in [1.807, 2.05) is 6.20 Å². The zero-order valence-corrected chi connectivity index (χ0v) is 11.9. The van der Waals surface area contributed by atoms with E-state index >= 15 is 0 Å². The lowest BCUT2D eigenvalue weighted by Gasteiger charge is -2.24. The van der Waals surface area contributed by atoms with Crippen molar-refractivity contribution >= 4 is 28.4 Å². The lowest BCUT2D eigenvalue weighted by molar-refractivity contribution is 0.392. The van der Waals surface area contributed by atoms with Crippen LogP contribution in [0, 0.1) is 0 Å². The Morgan fingerprint density at radius 2 is 2.05 bits per heavy atom. The van der Waals surface area contributed by atoms with Gasteiger partial charge in [0.1, 0.15) is 11.6 Å². The van der Waals surface area contributed by atoms with Gasteiger partial charge >= 0.3 is 0 Å². The molecule has 20 heavy (non-hydrogen) atoms. The molecule has 0 bridgehead atoms. The predicted molar refractivity (Wildman–Crippen MR) is 78.7 cm³/mol. The molecule has 1 N–H and O–H groups in total. The first kappa shape index (κ1) is 12.7. The van der Waals surface area contributed by atoms with Gasteiger partial charge < -0.3 is 9.30 Å². The Labute approximate surface area is 116 Å². The largest absolute Gasteiger partial charge is 0.468 e. The molecule has 0 saturated heterocycles. The van der Waals surface area contributed by atoms with Gasteiger partial charge in [-0.25, -0.2) is 0 Å². The number of hydrogen-bond donors (Lipinski definition) is 1. The van der Waals surface area contributed by atoms with E-state index < -0.39 is 0 Å². The van der Waals surface area contributed by atoms with Crippen molar-refractivity contribution in [2.24, 2.45) is 4.99 Å². The van der Waals surface area contributed by atoms with Crippen LogP contribution >= 0.6 is 0 Å². The Morgan fingerprint density at radius 1 is 1.30 bits per heavy atom. The molecule has 1 aliphatic heterocycles. The minimum absolute atomic E-state index is 0.135. The van der Waals surface area contributed by atoms with Crippen LogP contribution in [-0.2, 0) is 10.3 Å². The minimum atomic E-state index is -0.297. The smallest absolute Gasteiger partial charge is 0.296 e. The molecule has 104 valence electrons. The van der Waals surface area contributed by atoms with Gasteiger partial charge in [-0.15, -0.1) is 0 Å². The van der Waals surface area contributed by atoms with E-state index in [9.17, 15) is 4.79 Å². The number of aliphatic imine (C=N–C) groups is 1. The van der Waals surface area contributed by atoms with Crippen LogP contribution in [0.15, 0.2) is 28.1 Å². The molecular formula is C14H16N4O2. The Bertz CT molecular complexity index is 784. The van der Waals surface area contributed by atoms with Gasteiger partial charge in [0.25, 0.3) is 11.6 Å². The number of ether oxygens (including phenoxy) is 1. The van der Waals surface area contributed by atoms with Gasteiger partial charge in [0.15, 0.2) is 0 Å². The summed E-state index contributed by atoms with van der Waals surface area (Å²) in [6, 6.07) is 3.57. The first-order chi connectivity index (χ1) is 9.40. The monoisotopic (exact) mass is 272 g/mol. The Morgan fingerprint density at radius 3 is 2.70 bits per heavy atom. The molecule has 6 nitrogen and oxygen atoms in total. The number of nitrogens with one attached hydrogen (secondary N) is 1. The maximum Gasteiger partial charge on any atom is 0.296 e. The van der Waals surface area contributed by atoms with E-state index in [1.54, 1.807) is 6.07 Å². The standard InChI is InChI=1S/C14H16N4O2/c1-14(2,3)18-7-8-5-6-9(19)15-11-10(8)12(18)17-13(16-11)20-4/h5-7H,1-4H3,(H,15,16,17,19). The summed E-state index contributed by atoms with van der Waals surface area (Å²) in [7, 11) is 1.53.